The molecule has 0 spiro atoms. The average molecular weight is 342 g/mol. The molecule has 3 N–H and O–H groups in total. The first-order valence-corrected chi connectivity index (χ1v) is 8.19. The molecule has 3 rings (SSSR count). The highest BCUT2D eigenvalue weighted by Crippen LogP contribution is 2.24. The smallest absolute Gasteiger partial charge is 0.259 e. The molecular formula is C18H22N4O3. The van der Waals surface area contributed by atoms with Gasteiger partial charge in [0.05, 0.1) is 11.4 Å². The number of ether oxygens (including phenoxy) is 2. The number of hydrogen-bond donors (Lipinski definition) is 2. The number of carbonyl (C=O) groups excluding carboxylic acids is 1. The van der Waals surface area contributed by atoms with Crippen LogP contribution >= 0.6 is 0 Å². The lowest BCUT2D eigenvalue weighted by Crippen LogP contribution is -2.42. The number of pyridine rings is 1. The number of rotatable bonds is 6. The lowest BCUT2D eigenvalue weighted by molar-refractivity contribution is -0.376. The number of anilines is 3. The Morgan fingerprint density at radius 2 is 2.12 bits per heavy atom. The van der Waals surface area contributed by atoms with Gasteiger partial charge >= 0.3 is 0 Å². The molecule has 1 aliphatic heterocycles. The minimum atomic E-state index is -0.286. The number of benzene rings is 1. The summed E-state index contributed by atoms with van der Waals surface area (Å²) in [6.07, 6.45) is 1.76. The maximum atomic E-state index is 13.0. The zero-order valence-corrected chi connectivity index (χ0v) is 14.3. The van der Waals surface area contributed by atoms with Gasteiger partial charge in [0.15, 0.2) is 12.6 Å². The van der Waals surface area contributed by atoms with Crippen LogP contribution in [0.1, 0.15) is 23.7 Å². The summed E-state index contributed by atoms with van der Waals surface area (Å²) in [6, 6.07) is 10.7. The van der Waals surface area contributed by atoms with Crippen LogP contribution in [0.3, 0.4) is 0 Å². The Labute approximate surface area is 146 Å². The maximum absolute atomic E-state index is 13.0. The van der Waals surface area contributed by atoms with Gasteiger partial charge in [0.2, 0.25) is 0 Å². The number of nitrogens with zero attached hydrogens (tertiary/aromatic N) is 2. The van der Waals surface area contributed by atoms with Crippen molar-refractivity contribution in [2.75, 3.05) is 29.5 Å². The molecule has 1 saturated heterocycles. The number of nitrogen functional groups attached to an aromatic ring is 1. The molecule has 1 aromatic heterocycles. The largest absolute Gasteiger partial charge is 0.397 e. The van der Waals surface area contributed by atoms with Gasteiger partial charge in [0.25, 0.3) is 5.91 Å². The number of nitrogens with two attached hydrogens (primary N) is 1. The van der Waals surface area contributed by atoms with Crippen LogP contribution in [0.5, 0.6) is 0 Å². The molecule has 2 heterocycles. The van der Waals surface area contributed by atoms with E-state index in [0.717, 1.165) is 5.69 Å². The van der Waals surface area contributed by atoms with Crippen LogP contribution in [0, 0.1) is 0 Å². The third-order valence-corrected chi connectivity index (χ3v) is 4.01. The van der Waals surface area contributed by atoms with E-state index in [-0.39, 0.29) is 18.5 Å². The molecule has 0 aliphatic carbocycles. The lowest BCUT2D eigenvalue weighted by Gasteiger charge is -2.35. The summed E-state index contributed by atoms with van der Waals surface area (Å²) >= 11 is 0. The Balaban J connectivity index is 1.80. The molecule has 0 bridgehead atoms. The van der Waals surface area contributed by atoms with E-state index in [1.165, 1.54) is 0 Å². The Kier molecular flexibility index (Phi) is 5.16. The summed E-state index contributed by atoms with van der Waals surface area (Å²) in [6.45, 7) is 2.27. The van der Waals surface area contributed by atoms with Crippen molar-refractivity contribution in [1.82, 2.24) is 4.98 Å². The van der Waals surface area contributed by atoms with Crippen LogP contribution in [-0.4, -0.2) is 37.1 Å². The first-order valence-electron chi connectivity index (χ1n) is 8.19. The van der Waals surface area contributed by atoms with Gasteiger partial charge in [0, 0.05) is 31.8 Å². The zero-order valence-electron chi connectivity index (χ0n) is 14.3. The van der Waals surface area contributed by atoms with E-state index in [4.69, 9.17) is 15.2 Å². The van der Waals surface area contributed by atoms with Crippen LogP contribution in [0.2, 0.25) is 0 Å². The van der Waals surface area contributed by atoms with Gasteiger partial charge in [0.1, 0.15) is 5.82 Å². The summed E-state index contributed by atoms with van der Waals surface area (Å²) in [5.41, 5.74) is 7.80. The second-order valence-corrected chi connectivity index (χ2v) is 5.75. The first kappa shape index (κ1) is 17.2. The van der Waals surface area contributed by atoms with Crippen molar-refractivity contribution in [3.8, 4) is 0 Å². The molecule has 7 nitrogen and oxygen atoms in total. The summed E-state index contributed by atoms with van der Waals surface area (Å²) in [4.78, 5) is 18.9. The van der Waals surface area contributed by atoms with Gasteiger partial charge in [-0.15, -0.1) is 0 Å². The van der Waals surface area contributed by atoms with E-state index in [9.17, 15) is 4.79 Å². The van der Waals surface area contributed by atoms with Gasteiger partial charge in [-0.05, 0) is 37.3 Å². The Bertz CT molecular complexity index is 732. The average Bonchev–Trinajstić information content (AvgIpc) is 2.60. The van der Waals surface area contributed by atoms with Crippen LogP contribution in [-0.2, 0) is 9.47 Å². The number of aromatic nitrogens is 1. The summed E-state index contributed by atoms with van der Waals surface area (Å²) < 4.78 is 10.9. The third-order valence-electron chi connectivity index (χ3n) is 4.01. The molecule has 0 saturated carbocycles. The third kappa shape index (κ3) is 3.89. The van der Waals surface area contributed by atoms with Gasteiger partial charge < -0.3 is 20.5 Å². The van der Waals surface area contributed by atoms with Crippen LogP contribution < -0.4 is 16.0 Å². The van der Waals surface area contributed by atoms with Crippen molar-refractivity contribution >= 4 is 23.1 Å². The molecule has 0 atom stereocenters. The van der Waals surface area contributed by atoms with Gasteiger partial charge in [-0.3, -0.25) is 9.69 Å². The summed E-state index contributed by atoms with van der Waals surface area (Å²) in [5.74, 6) is 0.413. The fourth-order valence-corrected chi connectivity index (χ4v) is 2.72. The quantitative estimate of drug-likeness (QED) is 0.784. The summed E-state index contributed by atoms with van der Waals surface area (Å²) in [5, 5.41) is 2.99. The van der Waals surface area contributed by atoms with Crippen molar-refractivity contribution in [3.05, 3.63) is 48.2 Å². The lowest BCUT2D eigenvalue weighted by atomic mass is 10.1. The molecule has 7 heteroatoms. The van der Waals surface area contributed by atoms with E-state index in [1.54, 1.807) is 42.4 Å². The number of hydrogen-bond acceptors (Lipinski definition) is 6. The van der Waals surface area contributed by atoms with Crippen molar-refractivity contribution < 1.29 is 14.3 Å². The number of nitrogens with one attached hydrogen (secondary N) is 1. The predicted octanol–water partition coefficient (Wildman–Crippen LogP) is 2.46. The molecule has 0 unspecified atom stereocenters. The van der Waals surface area contributed by atoms with Crippen molar-refractivity contribution in [2.45, 2.75) is 25.9 Å². The Hall–Kier alpha value is -2.64. The molecule has 0 radical (unpaired) electrons. The molecule has 25 heavy (non-hydrogen) atoms. The van der Waals surface area contributed by atoms with E-state index >= 15 is 0 Å². The molecule has 1 amide bonds. The predicted molar refractivity (Wildman–Crippen MR) is 96.4 cm³/mol. The van der Waals surface area contributed by atoms with E-state index < -0.39 is 0 Å². The second kappa shape index (κ2) is 7.50. The number of amides is 1. The Morgan fingerprint density at radius 3 is 2.72 bits per heavy atom. The zero-order chi connectivity index (χ0) is 17.8. The van der Waals surface area contributed by atoms with Gasteiger partial charge in [-0.1, -0.05) is 6.07 Å². The van der Waals surface area contributed by atoms with Crippen molar-refractivity contribution in [1.29, 1.82) is 0 Å². The molecule has 1 aliphatic rings. The molecule has 132 valence electrons. The topological polar surface area (TPSA) is 89.7 Å². The standard InChI is InChI=1S/C18H22N4O3/c1-12-24-17(25-12)8-10-22(16-5-3-4-9-21-16)18(23)13-6-7-15(20-2)14(19)11-13/h3-7,9,11-12,17,20H,8,10,19H2,1-2H3. The van der Waals surface area contributed by atoms with Gasteiger partial charge in [-0.25, -0.2) is 4.98 Å². The monoisotopic (exact) mass is 342 g/mol. The van der Waals surface area contributed by atoms with E-state index in [2.05, 4.69) is 10.3 Å². The first-order chi connectivity index (χ1) is 12.1. The molecule has 1 fully saturated rings. The Morgan fingerprint density at radius 1 is 1.32 bits per heavy atom. The fourth-order valence-electron chi connectivity index (χ4n) is 2.72. The minimum absolute atomic E-state index is 0.166. The molecular weight excluding hydrogens is 320 g/mol. The van der Waals surface area contributed by atoms with Crippen LogP contribution in [0.15, 0.2) is 42.6 Å². The molecule has 1 aromatic carbocycles. The van der Waals surface area contributed by atoms with Gasteiger partial charge in [-0.2, -0.15) is 0 Å². The SMILES string of the molecule is CNc1ccc(C(=O)N(CCC2OC(C)O2)c2ccccn2)cc1N. The molecule has 2 aromatic rings. The van der Waals surface area contributed by atoms with E-state index in [0.29, 0.717) is 30.0 Å². The van der Waals surface area contributed by atoms with Crippen LogP contribution in [0.4, 0.5) is 17.2 Å². The number of carbonyl (C=O) groups is 1. The second-order valence-electron chi connectivity index (χ2n) is 5.75. The highest BCUT2D eigenvalue weighted by Gasteiger charge is 2.28. The van der Waals surface area contributed by atoms with Crippen molar-refractivity contribution in [2.24, 2.45) is 0 Å². The highest BCUT2D eigenvalue weighted by molar-refractivity contribution is 6.06. The fraction of sp³-hybridized carbons (Fsp3) is 0.333. The minimum Gasteiger partial charge on any atom is -0.397 e. The van der Waals surface area contributed by atoms with E-state index in [1.807, 2.05) is 19.1 Å². The highest BCUT2D eigenvalue weighted by atomic mass is 16.9. The van der Waals surface area contributed by atoms with Crippen LogP contribution in [0.25, 0.3) is 0 Å². The maximum Gasteiger partial charge on any atom is 0.259 e. The van der Waals surface area contributed by atoms with Crippen molar-refractivity contribution in [3.63, 3.8) is 0 Å². The normalized spacial score (nSPS) is 19.1. The summed E-state index contributed by atoms with van der Waals surface area (Å²) in [7, 11) is 1.78.